The number of carboxylic acid groups (broad SMARTS) is 1. The van der Waals surface area contributed by atoms with Crippen LogP contribution in [0, 0.1) is 11.3 Å². The number of carboxylic acids is 1. The van der Waals surface area contributed by atoms with Crippen LogP contribution < -0.4 is 103 Å². The van der Waals surface area contributed by atoms with Crippen molar-refractivity contribution < 1.29 is 128 Å². The number of nitrogens with zero attached hydrogens (tertiary/aromatic N) is 1. The molecule has 0 aliphatic carbocycles. The van der Waals surface area contributed by atoms with Crippen molar-refractivity contribution in [1.82, 2.24) is 0 Å². The minimum atomic E-state index is -3.63. The van der Waals surface area contributed by atoms with E-state index < -0.39 is 26.8 Å². The average molecular weight is 333 g/mol. The molecule has 9 nitrogen and oxygen atoms in total. The van der Waals surface area contributed by atoms with Gasteiger partial charge in [-0.1, -0.05) is 6.58 Å². The Hall–Kier alpha value is 1.20. The Morgan fingerprint density at radius 3 is 1.50 bits per heavy atom. The quantitative estimate of drug-likeness (QED) is 0.256. The monoisotopic (exact) mass is 333 g/mol. The summed E-state index contributed by atoms with van der Waals surface area (Å²) in [6, 6.07) is 1.31. The number of rotatable bonds is 3. The van der Waals surface area contributed by atoms with E-state index in [-0.39, 0.29) is 102 Å². The van der Waals surface area contributed by atoms with Gasteiger partial charge in [-0.05, 0) is 0 Å². The molecular weight excluding hydrogens is 323 g/mol. The maximum Gasteiger partial charge on any atom is 1.00 e. The summed E-state index contributed by atoms with van der Waals surface area (Å²) < 4.78 is 8.52. The molecule has 3 N–H and O–H groups in total. The number of aliphatic carboxylic acids is 1. The summed E-state index contributed by atoms with van der Waals surface area (Å²) >= 11 is 0. The van der Waals surface area contributed by atoms with Crippen molar-refractivity contribution >= 4 is 15.1 Å². The van der Waals surface area contributed by atoms with Crippen LogP contribution in [0.15, 0.2) is 12.2 Å². The average Bonchev–Trinajstić information content (AvgIpc) is 2.26. The first-order valence-electron chi connectivity index (χ1n) is 3.80. The van der Waals surface area contributed by atoms with Gasteiger partial charge in [-0.2, -0.15) is 5.26 Å². The number of carbonyl (C=O) groups is 1. The van der Waals surface area contributed by atoms with Crippen molar-refractivity contribution in [3.05, 3.63) is 12.2 Å². The second-order valence-corrected chi connectivity index (χ2v) is 2.65. The van der Waals surface area contributed by atoms with E-state index in [1.165, 1.54) is 6.07 Å². The topological polar surface area (TPSA) is 188 Å². The second kappa shape index (κ2) is 28.4. The van der Waals surface area contributed by atoms with Gasteiger partial charge >= 0.3 is 88.7 Å². The molecule has 98 valence electrons. The zero-order chi connectivity index (χ0) is 14.4. The number of aliphatic hydroxyl groups excluding tert-OH is 3. The molecule has 0 spiro atoms. The molecule has 20 heavy (non-hydrogen) atoms. The fourth-order valence-electron chi connectivity index (χ4n) is 0.103. The van der Waals surface area contributed by atoms with Crippen LogP contribution in [-0.2, 0) is 9.26 Å². The number of aliphatic hydroxyl groups is 3. The molecule has 0 fully saturated rings. The molecule has 0 aliphatic rings. The van der Waals surface area contributed by atoms with Crippen molar-refractivity contribution in [1.29, 1.82) is 5.26 Å². The van der Waals surface area contributed by atoms with Crippen molar-refractivity contribution in [2.45, 2.75) is 6.10 Å². The van der Waals surface area contributed by atoms with Gasteiger partial charge in [0.15, 0.2) is 0 Å². The van der Waals surface area contributed by atoms with Crippen LogP contribution in [0.3, 0.4) is 0 Å². The van der Waals surface area contributed by atoms with Gasteiger partial charge in [-0.3, -0.25) is 0 Å². The molecule has 0 aliphatic heterocycles. The van der Waals surface area contributed by atoms with Crippen molar-refractivity contribution in [2.24, 2.45) is 0 Å². The molecule has 0 heterocycles. The van der Waals surface area contributed by atoms with Gasteiger partial charge in [0.25, 0.3) is 0 Å². The third-order valence-electron chi connectivity index (χ3n) is 0.803. The molecular formula is C7H10NNa3O8Si. The molecule has 0 rings (SSSR count). The molecule has 0 saturated heterocycles. The largest absolute Gasteiger partial charge is 1.00 e. The third-order valence-corrected chi connectivity index (χ3v) is 0.803. The minimum absolute atomic E-state index is 0. The molecule has 0 aromatic carbocycles. The summed E-state index contributed by atoms with van der Waals surface area (Å²) in [6.45, 7) is 2.12. The van der Waals surface area contributed by atoms with E-state index in [0.717, 1.165) is 0 Å². The van der Waals surface area contributed by atoms with Crippen molar-refractivity contribution in [2.75, 3.05) is 13.2 Å². The Kier molecular flexibility index (Phi) is 53.1. The van der Waals surface area contributed by atoms with E-state index in [0.29, 0.717) is 0 Å². The van der Waals surface area contributed by atoms with E-state index in [4.69, 9.17) is 34.6 Å². The first-order valence-corrected chi connectivity index (χ1v) is 5.03. The first kappa shape index (κ1) is 37.4. The van der Waals surface area contributed by atoms with Gasteiger partial charge < -0.3 is 39.3 Å². The van der Waals surface area contributed by atoms with E-state index in [1.54, 1.807) is 0 Å². The van der Waals surface area contributed by atoms with Crippen LogP contribution in [0.2, 0.25) is 0 Å². The zero-order valence-corrected chi connectivity index (χ0v) is 18.5. The predicted molar refractivity (Wildman–Crippen MR) is 46.4 cm³/mol. The van der Waals surface area contributed by atoms with Crippen LogP contribution in [0.25, 0.3) is 0 Å². The molecule has 0 atom stereocenters. The smallest absolute Gasteiger partial charge is 0.672 e. The number of hydrogen-bond donors (Lipinski definition) is 3. The Bertz CT molecular complexity index is 290. The molecule has 0 bridgehead atoms. The van der Waals surface area contributed by atoms with E-state index >= 15 is 0 Å². The minimum Gasteiger partial charge on any atom is -0.672 e. The van der Waals surface area contributed by atoms with E-state index in [2.05, 4.69) is 6.58 Å². The van der Waals surface area contributed by atoms with Gasteiger partial charge in [0.05, 0.1) is 24.8 Å². The fourth-order valence-corrected chi connectivity index (χ4v) is 0.103. The maximum atomic E-state index is 9.50. The first-order chi connectivity index (χ1) is 7.72. The number of nitriles is 1. The predicted octanol–water partition coefficient (Wildman–Crippen LogP) is -14.7. The fraction of sp³-hybridized carbons (Fsp3) is 0.429. The van der Waals surface area contributed by atoms with E-state index in [1.807, 2.05) is 0 Å². The van der Waals surface area contributed by atoms with Crippen molar-refractivity contribution in [3.8, 4) is 6.07 Å². The van der Waals surface area contributed by atoms with Crippen LogP contribution in [0.5, 0.6) is 0 Å². The van der Waals surface area contributed by atoms with Gasteiger partial charge in [0, 0.05) is 9.17 Å². The zero-order valence-electron chi connectivity index (χ0n) is 11.5. The summed E-state index contributed by atoms with van der Waals surface area (Å²) in [5.74, 6) is -1.51. The molecule has 0 aromatic heterocycles. The molecule has 0 unspecified atom stereocenters. The summed E-state index contributed by atoms with van der Waals surface area (Å²) in [5, 5.41) is 41.2. The van der Waals surface area contributed by atoms with Crippen molar-refractivity contribution in [3.63, 3.8) is 0 Å². The van der Waals surface area contributed by atoms with Crippen LogP contribution in [0.1, 0.15) is 0 Å². The Morgan fingerprint density at radius 2 is 1.50 bits per heavy atom. The van der Waals surface area contributed by atoms with E-state index in [9.17, 15) is 9.90 Å². The summed E-state index contributed by atoms with van der Waals surface area (Å²) in [4.78, 5) is 26.5. The van der Waals surface area contributed by atoms with Gasteiger partial charge in [-0.25, -0.2) is 0 Å². The normalized spacial score (nSPS) is 6.55. The van der Waals surface area contributed by atoms with Crippen LogP contribution >= 0.6 is 0 Å². The maximum absolute atomic E-state index is 9.50. The number of carbonyl (C=O) groups excluding carboxylic acids is 1. The summed E-state index contributed by atoms with van der Waals surface area (Å²) in [6.07, 6.45) is -0.954. The molecule has 0 amide bonds. The molecule has 13 heteroatoms. The van der Waals surface area contributed by atoms with Gasteiger partial charge in [0.2, 0.25) is 0 Å². The molecule has 0 aromatic rings. The Labute approximate surface area is 183 Å². The Morgan fingerprint density at radius 1 is 1.25 bits per heavy atom. The SMILES string of the molecule is C=C(C#N)C(=O)[O-].O=[Si]([O-])[O-].OCC(O)CO.[Na+].[Na+].[Na+]. The molecule has 0 saturated carbocycles. The van der Waals surface area contributed by atoms with Crippen LogP contribution in [0.4, 0.5) is 0 Å². The second-order valence-electron chi connectivity index (χ2n) is 2.15. The van der Waals surface area contributed by atoms with Gasteiger partial charge in [-0.15, -0.1) is 0 Å². The number of hydrogen-bond acceptors (Lipinski definition) is 9. The molecule has 0 radical (unpaired) electrons. The van der Waals surface area contributed by atoms with Crippen LogP contribution in [-0.4, -0.2) is 49.8 Å². The standard InChI is InChI=1S/C4H3NO2.C3H8O3.3Na.O3Si/c1-3(2-5)4(6)7;4-1-3(6)2-5;;;;1-4(2)3/h1H2,(H,6,7);3-6H,1-2H2;;;;/q;;3*+1;-2/p-1. The third kappa shape index (κ3) is 50.7. The Balaban J connectivity index is -0.0000000352. The summed E-state index contributed by atoms with van der Waals surface area (Å²) in [7, 11) is -3.63. The van der Waals surface area contributed by atoms with Gasteiger partial charge in [0.1, 0.15) is 12.2 Å². The summed E-state index contributed by atoms with van der Waals surface area (Å²) in [5.41, 5.74) is -0.542.